The lowest BCUT2D eigenvalue weighted by molar-refractivity contribution is -0.173. The number of nitrogens with one attached hydrogen (secondary N) is 1. The number of halogens is 4. The molecule has 0 radical (unpaired) electrons. The number of piperidine rings is 1. The third-order valence-corrected chi connectivity index (χ3v) is 5.53. The number of hydrogen-bond acceptors (Lipinski definition) is 3. The number of Topliss-reactive ketones (excluding diaryl/α,β-unsaturated/α-hetero) is 1. The average Bonchev–Trinajstić information content (AvgIpc) is 2.81. The fourth-order valence-corrected chi connectivity index (χ4v) is 3.61. The van der Waals surface area contributed by atoms with Crippen LogP contribution in [0.25, 0.3) is 0 Å². The van der Waals surface area contributed by atoms with Gasteiger partial charge in [-0.15, -0.1) is 0 Å². The Labute approximate surface area is 194 Å². The van der Waals surface area contributed by atoms with E-state index < -0.39 is 24.4 Å². The largest absolute Gasteiger partial charge is 0.471 e. The van der Waals surface area contributed by atoms with E-state index in [9.17, 15) is 27.6 Å². The van der Waals surface area contributed by atoms with Gasteiger partial charge in [-0.25, -0.2) is 4.79 Å². The summed E-state index contributed by atoms with van der Waals surface area (Å²) in [5, 5.41) is 2.11. The third-order valence-electron chi connectivity index (χ3n) is 5.28. The van der Waals surface area contributed by atoms with Crippen LogP contribution in [0, 0.1) is 0 Å². The van der Waals surface area contributed by atoms with Crippen molar-refractivity contribution in [1.82, 2.24) is 10.2 Å². The van der Waals surface area contributed by atoms with E-state index in [-0.39, 0.29) is 18.1 Å². The molecule has 0 bridgehead atoms. The van der Waals surface area contributed by atoms with E-state index in [0.717, 1.165) is 24.8 Å². The Bertz CT molecular complexity index is 989. The molecule has 176 valence electrons. The summed E-state index contributed by atoms with van der Waals surface area (Å²) in [7, 11) is 0. The first-order chi connectivity index (χ1) is 15.6. The van der Waals surface area contributed by atoms with Gasteiger partial charge in [0.2, 0.25) is 0 Å². The van der Waals surface area contributed by atoms with Crippen molar-refractivity contribution in [2.75, 3.05) is 24.5 Å². The highest BCUT2D eigenvalue weighted by atomic mass is 35.5. The van der Waals surface area contributed by atoms with Gasteiger partial charge in [0, 0.05) is 29.4 Å². The maximum atomic E-state index is 13.2. The van der Waals surface area contributed by atoms with E-state index in [1.54, 1.807) is 51.5 Å². The van der Waals surface area contributed by atoms with Crippen molar-refractivity contribution in [3.05, 3.63) is 64.7 Å². The molecule has 0 saturated carbocycles. The molecule has 0 aromatic heterocycles. The smallest absolute Gasteiger partial charge is 0.341 e. The van der Waals surface area contributed by atoms with Gasteiger partial charge >= 0.3 is 18.1 Å². The van der Waals surface area contributed by atoms with Gasteiger partial charge in [-0.2, -0.15) is 13.2 Å². The lowest BCUT2D eigenvalue weighted by atomic mass is 10.1. The van der Waals surface area contributed by atoms with E-state index in [1.165, 1.54) is 12.1 Å². The standard InChI is InChI=1S/C23H23ClF3N3O3/c24-18-8-10-19(11-9-18)30(22(33)29-12-2-1-3-13-29)15-16-4-6-17(7-5-16)20(31)14-28-21(32)23(25,26)27/h4-11H,1-3,12-15H2,(H,28,32). The lowest BCUT2D eigenvalue weighted by Gasteiger charge is -2.33. The topological polar surface area (TPSA) is 69.7 Å². The van der Waals surface area contributed by atoms with Crippen LogP contribution in [0.2, 0.25) is 5.02 Å². The van der Waals surface area contributed by atoms with Gasteiger partial charge in [0.05, 0.1) is 13.1 Å². The minimum atomic E-state index is -5.05. The molecular weight excluding hydrogens is 459 g/mol. The number of nitrogens with zero attached hydrogens (tertiary/aromatic N) is 2. The van der Waals surface area contributed by atoms with E-state index in [2.05, 4.69) is 0 Å². The molecule has 3 rings (SSSR count). The minimum Gasteiger partial charge on any atom is -0.341 e. The second-order valence-corrected chi connectivity index (χ2v) is 8.13. The monoisotopic (exact) mass is 481 g/mol. The molecular formula is C23H23ClF3N3O3. The normalized spacial score (nSPS) is 14.0. The van der Waals surface area contributed by atoms with Gasteiger partial charge in [0.15, 0.2) is 5.78 Å². The van der Waals surface area contributed by atoms with Crippen molar-refractivity contribution in [1.29, 1.82) is 0 Å². The van der Waals surface area contributed by atoms with Crippen LogP contribution in [-0.2, 0) is 11.3 Å². The Hall–Kier alpha value is -3.07. The second kappa shape index (κ2) is 10.7. The number of alkyl halides is 3. The van der Waals surface area contributed by atoms with Crippen molar-refractivity contribution in [3.8, 4) is 0 Å². The van der Waals surface area contributed by atoms with Crippen LogP contribution < -0.4 is 10.2 Å². The third kappa shape index (κ3) is 6.71. The van der Waals surface area contributed by atoms with Crippen molar-refractivity contribution in [3.63, 3.8) is 0 Å². The maximum absolute atomic E-state index is 13.2. The van der Waals surface area contributed by atoms with Crippen LogP contribution in [0.1, 0.15) is 35.2 Å². The van der Waals surface area contributed by atoms with E-state index in [4.69, 9.17) is 11.6 Å². The molecule has 0 unspecified atom stereocenters. The molecule has 1 fully saturated rings. The molecule has 10 heteroatoms. The first kappa shape index (κ1) is 24.6. The fourth-order valence-electron chi connectivity index (χ4n) is 3.49. The zero-order valence-corrected chi connectivity index (χ0v) is 18.5. The SMILES string of the molecule is O=C(CNC(=O)C(F)(F)F)c1ccc(CN(C(=O)N2CCCCC2)c2ccc(Cl)cc2)cc1. The van der Waals surface area contributed by atoms with Crippen molar-refractivity contribution < 1.29 is 27.6 Å². The first-order valence-electron chi connectivity index (χ1n) is 10.4. The molecule has 1 N–H and O–H groups in total. The second-order valence-electron chi connectivity index (χ2n) is 7.69. The van der Waals surface area contributed by atoms with Crippen LogP contribution in [0.15, 0.2) is 48.5 Å². The molecule has 1 heterocycles. The number of rotatable bonds is 6. The molecule has 3 amide bonds. The van der Waals surface area contributed by atoms with Crippen molar-refractivity contribution in [2.24, 2.45) is 0 Å². The summed E-state index contributed by atoms with van der Waals surface area (Å²) in [4.78, 5) is 39.7. The summed E-state index contributed by atoms with van der Waals surface area (Å²) < 4.78 is 36.8. The molecule has 0 spiro atoms. The first-order valence-corrected chi connectivity index (χ1v) is 10.8. The quantitative estimate of drug-likeness (QED) is 0.602. The molecule has 2 aromatic carbocycles. The van der Waals surface area contributed by atoms with Gasteiger partial charge < -0.3 is 10.2 Å². The molecule has 0 atom stereocenters. The maximum Gasteiger partial charge on any atom is 0.471 e. The van der Waals surface area contributed by atoms with Crippen molar-refractivity contribution >= 4 is 35.0 Å². The minimum absolute atomic E-state index is 0.132. The Morgan fingerprint density at radius 2 is 1.55 bits per heavy atom. The number of carbonyl (C=O) groups is 3. The highest BCUT2D eigenvalue weighted by molar-refractivity contribution is 6.30. The number of anilines is 1. The number of likely N-dealkylation sites (tertiary alicyclic amines) is 1. The highest BCUT2D eigenvalue weighted by Crippen LogP contribution is 2.23. The van der Waals surface area contributed by atoms with Gasteiger partial charge in [0.25, 0.3) is 0 Å². The Balaban J connectivity index is 1.72. The molecule has 1 saturated heterocycles. The number of ketones is 1. The summed E-state index contributed by atoms with van der Waals surface area (Å²) >= 11 is 5.99. The van der Waals surface area contributed by atoms with Gasteiger partial charge in [-0.1, -0.05) is 35.9 Å². The molecule has 33 heavy (non-hydrogen) atoms. The predicted molar refractivity (Wildman–Crippen MR) is 118 cm³/mol. The summed E-state index contributed by atoms with van der Waals surface area (Å²) in [5.41, 5.74) is 1.55. The Morgan fingerprint density at radius 3 is 2.12 bits per heavy atom. The molecule has 1 aliphatic heterocycles. The van der Waals surface area contributed by atoms with E-state index in [0.29, 0.717) is 23.8 Å². The summed E-state index contributed by atoms with van der Waals surface area (Å²) in [6, 6.07) is 13.0. The molecule has 6 nitrogen and oxygen atoms in total. The average molecular weight is 482 g/mol. The van der Waals surface area contributed by atoms with Crippen LogP contribution in [0.5, 0.6) is 0 Å². The van der Waals surface area contributed by atoms with Crippen LogP contribution in [0.4, 0.5) is 23.7 Å². The highest BCUT2D eigenvalue weighted by Gasteiger charge is 2.38. The molecule has 0 aliphatic carbocycles. The Morgan fingerprint density at radius 1 is 0.939 bits per heavy atom. The summed E-state index contributed by atoms with van der Waals surface area (Å²) in [6.07, 6.45) is -2.07. The van der Waals surface area contributed by atoms with Crippen LogP contribution in [0.3, 0.4) is 0 Å². The summed E-state index contributed by atoms with van der Waals surface area (Å²) in [5.74, 6) is -2.82. The number of carbonyl (C=O) groups excluding carboxylic acids is 3. The van der Waals surface area contributed by atoms with Crippen LogP contribution >= 0.6 is 11.6 Å². The zero-order valence-electron chi connectivity index (χ0n) is 17.7. The van der Waals surface area contributed by atoms with E-state index in [1.807, 2.05) is 0 Å². The Kier molecular flexibility index (Phi) is 7.97. The van der Waals surface area contributed by atoms with Crippen molar-refractivity contribution in [2.45, 2.75) is 32.0 Å². The van der Waals surface area contributed by atoms with Gasteiger partial charge in [-0.05, 0) is 49.1 Å². The zero-order chi connectivity index (χ0) is 24.0. The number of hydrogen-bond donors (Lipinski definition) is 1. The molecule has 2 aromatic rings. The fraction of sp³-hybridized carbons (Fsp3) is 0.348. The number of urea groups is 1. The lowest BCUT2D eigenvalue weighted by Crippen LogP contribution is -2.45. The number of amides is 3. The summed E-state index contributed by atoms with van der Waals surface area (Å²) in [6.45, 7) is 0.832. The molecule has 1 aliphatic rings. The van der Waals surface area contributed by atoms with Gasteiger partial charge in [-0.3, -0.25) is 14.5 Å². The number of benzene rings is 2. The van der Waals surface area contributed by atoms with Crippen LogP contribution in [-0.4, -0.2) is 48.4 Å². The predicted octanol–water partition coefficient (Wildman–Crippen LogP) is 4.81. The van der Waals surface area contributed by atoms with Gasteiger partial charge in [0.1, 0.15) is 0 Å². The van der Waals surface area contributed by atoms with E-state index >= 15 is 0 Å².